The van der Waals surface area contributed by atoms with Crippen molar-refractivity contribution in [3.63, 3.8) is 0 Å². The SMILES string of the molecule is CCCC(c1cc(C(=O)N[C@H]2CCOc3ccccc32)ccn1)N1C(=N)NC(CC)(CC)CC1=O. The third-order valence-electron chi connectivity index (χ3n) is 7.26. The van der Waals surface area contributed by atoms with Crippen LogP contribution in [-0.4, -0.2) is 39.8 Å². The lowest BCUT2D eigenvalue weighted by Crippen LogP contribution is -2.62. The van der Waals surface area contributed by atoms with E-state index in [0.29, 0.717) is 37.1 Å². The molecule has 2 aliphatic heterocycles. The lowest BCUT2D eigenvalue weighted by Gasteiger charge is -2.44. The summed E-state index contributed by atoms with van der Waals surface area (Å²) >= 11 is 0. The van der Waals surface area contributed by atoms with Crippen molar-refractivity contribution in [1.82, 2.24) is 20.5 Å². The summed E-state index contributed by atoms with van der Waals surface area (Å²) in [6.07, 6.45) is 5.64. The van der Waals surface area contributed by atoms with E-state index in [-0.39, 0.29) is 29.4 Å². The van der Waals surface area contributed by atoms with Gasteiger partial charge in [0.25, 0.3) is 5.91 Å². The predicted molar refractivity (Wildman–Crippen MR) is 134 cm³/mol. The van der Waals surface area contributed by atoms with Gasteiger partial charge in [-0.25, -0.2) is 0 Å². The van der Waals surface area contributed by atoms with Crippen molar-refractivity contribution in [2.24, 2.45) is 0 Å². The summed E-state index contributed by atoms with van der Waals surface area (Å²) in [7, 11) is 0. The van der Waals surface area contributed by atoms with Crippen LogP contribution in [0.2, 0.25) is 0 Å². The Morgan fingerprint density at radius 2 is 2.06 bits per heavy atom. The molecule has 4 rings (SSSR count). The Morgan fingerprint density at radius 1 is 1.29 bits per heavy atom. The van der Waals surface area contributed by atoms with Gasteiger partial charge in [-0.3, -0.25) is 24.9 Å². The van der Waals surface area contributed by atoms with E-state index in [1.807, 2.05) is 45.0 Å². The highest BCUT2D eigenvalue weighted by Crippen LogP contribution is 2.34. The van der Waals surface area contributed by atoms with Crippen LogP contribution < -0.4 is 15.4 Å². The second-order valence-electron chi connectivity index (χ2n) is 9.38. The number of para-hydroxylation sites is 1. The minimum atomic E-state index is -0.407. The van der Waals surface area contributed by atoms with Crippen LogP contribution in [0.15, 0.2) is 42.6 Å². The van der Waals surface area contributed by atoms with E-state index >= 15 is 0 Å². The largest absolute Gasteiger partial charge is 0.493 e. The van der Waals surface area contributed by atoms with E-state index < -0.39 is 6.04 Å². The van der Waals surface area contributed by atoms with Crippen molar-refractivity contribution in [2.75, 3.05) is 6.61 Å². The Kier molecular flexibility index (Phi) is 7.38. The summed E-state index contributed by atoms with van der Waals surface area (Å²) in [5.41, 5.74) is 1.70. The van der Waals surface area contributed by atoms with Crippen LogP contribution in [-0.2, 0) is 4.79 Å². The molecule has 3 N–H and O–H groups in total. The molecule has 1 aromatic heterocycles. The lowest BCUT2D eigenvalue weighted by molar-refractivity contribution is -0.133. The van der Waals surface area contributed by atoms with Crippen LogP contribution in [0.1, 0.15) is 93.0 Å². The number of rotatable bonds is 8. The predicted octanol–water partition coefficient (Wildman–Crippen LogP) is 4.49. The Morgan fingerprint density at radius 3 is 2.77 bits per heavy atom. The third kappa shape index (κ3) is 5.01. The van der Waals surface area contributed by atoms with E-state index in [9.17, 15) is 9.59 Å². The number of fused-ring (bicyclic) bond motifs is 1. The van der Waals surface area contributed by atoms with Crippen molar-refractivity contribution in [3.8, 4) is 5.75 Å². The van der Waals surface area contributed by atoms with Gasteiger partial charge in [-0.1, -0.05) is 45.4 Å². The molecule has 2 amide bonds. The zero-order valence-corrected chi connectivity index (χ0v) is 20.8. The minimum Gasteiger partial charge on any atom is -0.493 e. The van der Waals surface area contributed by atoms with Crippen LogP contribution in [0.25, 0.3) is 0 Å². The molecule has 0 saturated carbocycles. The average Bonchev–Trinajstić information content (AvgIpc) is 2.88. The highest BCUT2D eigenvalue weighted by atomic mass is 16.5. The molecule has 0 bridgehead atoms. The van der Waals surface area contributed by atoms with Crippen molar-refractivity contribution in [3.05, 3.63) is 59.4 Å². The fourth-order valence-electron chi connectivity index (χ4n) is 5.05. The van der Waals surface area contributed by atoms with Gasteiger partial charge in [-0.15, -0.1) is 0 Å². The van der Waals surface area contributed by atoms with E-state index in [1.165, 1.54) is 4.90 Å². The molecule has 35 heavy (non-hydrogen) atoms. The summed E-state index contributed by atoms with van der Waals surface area (Å²) in [5, 5.41) is 15.1. The molecule has 8 nitrogen and oxygen atoms in total. The number of amides is 2. The second-order valence-corrected chi connectivity index (χ2v) is 9.38. The van der Waals surface area contributed by atoms with Crippen molar-refractivity contribution < 1.29 is 14.3 Å². The summed E-state index contributed by atoms with van der Waals surface area (Å²) in [6, 6.07) is 10.7. The Balaban J connectivity index is 1.56. The van der Waals surface area contributed by atoms with Crippen molar-refractivity contribution in [1.29, 1.82) is 5.41 Å². The molecule has 2 aromatic rings. The smallest absolute Gasteiger partial charge is 0.251 e. The molecule has 2 atom stereocenters. The van der Waals surface area contributed by atoms with Gasteiger partial charge >= 0.3 is 0 Å². The van der Waals surface area contributed by atoms with Gasteiger partial charge in [0.15, 0.2) is 5.96 Å². The van der Waals surface area contributed by atoms with E-state index in [4.69, 9.17) is 10.1 Å². The standard InChI is InChI=1S/C27H35N5O3/c1-4-9-22(32-24(33)17-27(5-2,6-3)31-26(32)28)21-16-18(12-14-29-21)25(34)30-20-13-15-35-23-11-8-7-10-19(20)23/h7-8,10-12,14,16,20,22H,4-6,9,13,15,17H2,1-3H3,(H2,28,31)(H,30,34)/t20-,22?/m0/s1. The highest BCUT2D eigenvalue weighted by molar-refractivity contribution is 5.99. The van der Waals surface area contributed by atoms with Crippen molar-refractivity contribution in [2.45, 2.75) is 76.9 Å². The molecule has 186 valence electrons. The van der Waals surface area contributed by atoms with Crippen LogP contribution in [0.3, 0.4) is 0 Å². The molecule has 1 unspecified atom stereocenters. The monoisotopic (exact) mass is 477 g/mol. The van der Waals surface area contributed by atoms with Crippen LogP contribution in [0.5, 0.6) is 5.75 Å². The maximum absolute atomic E-state index is 13.3. The van der Waals surface area contributed by atoms with Gasteiger partial charge in [0.2, 0.25) is 5.91 Å². The van der Waals surface area contributed by atoms with Crippen LogP contribution >= 0.6 is 0 Å². The normalized spacial score (nSPS) is 19.9. The maximum atomic E-state index is 13.3. The number of nitrogens with zero attached hydrogens (tertiary/aromatic N) is 2. The van der Waals surface area contributed by atoms with Crippen molar-refractivity contribution >= 4 is 17.8 Å². The number of hydrogen-bond acceptors (Lipinski definition) is 5. The van der Waals surface area contributed by atoms with Gasteiger partial charge in [-0.2, -0.15) is 0 Å². The number of hydrogen-bond donors (Lipinski definition) is 3. The number of pyridine rings is 1. The molecule has 0 spiro atoms. The number of benzene rings is 1. The second kappa shape index (κ2) is 10.5. The Bertz CT molecular complexity index is 1080. The Labute approximate surface area is 207 Å². The molecular formula is C27H35N5O3. The summed E-state index contributed by atoms with van der Waals surface area (Å²) in [5.74, 6) is 0.636. The van der Waals surface area contributed by atoms with Crippen LogP contribution in [0.4, 0.5) is 0 Å². The fraction of sp³-hybridized carbons (Fsp3) is 0.481. The number of ether oxygens (including phenoxy) is 1. The van der Waals surface area contributed by atoms with E-state index in [0.717, 1.165) is 30.6 Å². The zero-order chi connectivity index (χ0) is 25.0. The molecular weight excluding hydrogens is 442 g/mol. The maximum Gasteiger partial charge on any atom is 0.251 e. The Hall–Kier alpha value is -3.42. The van der Waals surface area contributed by atoms with Crippen LogP contribution in [0, 0.1) is 5.41 Å². The average molecular weight is 478 g/mol. The number of guanidine groups is 1. The summed E-state index contributed by atoms with van der Waals surface area (Å²) in [6.45, 7) is 6.67. The molecule has 0 radical (unpaired) electrons. The third-order valence-corrected chi connectivity index (χ3v) is 7.26. The molecule has 0 aliphatic carbocycles. The quantitative estimate of drug-likeness (QED) is 0.519. The first-order chi connectivity index (χ1) is 16.9. The first kappa shape index (κ1) is 24.7. The highest BCUT2D eigenvalue weighted by Gasteiger charge is 2.42. The van der Waals surface area contributed by atoms with Gasteiger partial charge < -0.3 is 15.4 Å². The van der Waals surface area contributed by atoms with Gasteiger partial charge in [0, 0.05) is 29.3 Å². The van der Waals surface area contributed by atoms with E-state index in [2.05, 4.69) is 15.6 Å². The number of aromatic nitrogens is 1. The fourth-order valence-corrected chi connectivity index (χ4v) is 5.05. The van der Waals surface area contributed by atoms with Gasteiger partial charge in [0.1, 0.15) is 5.75 Å². The number of carbonyl (C=O) groups excluding carboxylic acids is 2. The molecule has 1 saturated heterocycles. The molecule has 2 aliphatic rings. The topological polar surface area (TPSA) is 107 Å². The summed E-state index contributed by atoms with van der Waals surface area (Å²) in [4.78, 5) is 32.5. The molecule has 1 fully saturated rings. The molecule has 3 heterocycles. The first-order valence-electron chi connectivity index (χ1n) is 12.6. The number of nitrogens with one attached hydrogen (secondary N) is 3. The molecule has 1 aromatic carbocycles. The first-order valence-corrected chi connectivity index (χ1v) is 12.6. The lowest BCUT2D eigenvalue weighted by atomic mass is 9.86. The summed E-state index contributed by atoms with van der Waals surface area (Å²) < 4.78 is 5.71. The van der Waals surface area contributed by atoms with E-state index in [1.54, 1.807) is 18.3 Å². The van der Waals surface area contributed by atoms with Gasteiger partial charge in [-0.05, 0) is 37.5 Å². The zero-order valence-electron chi connectivity index (χ0n) is 20.8. The van der Waals surface area contributed by atoms with Gasteiger partial charge in [0.05, 0.1) is 30.8 Å². The number of carbonyl (C=O) groups is 2. The minimum absolute atomic E-state index is 0.0774. The molecule has 8 heteroatoms.